The van der Waals surface area contributed by atoms with Crippen LogP contribution in [-0.4, -0.2) is 23.1 Å². The first-order chi connectivity index (χ1) is 6.80. The highest BCUT2D eigenvalue weighted by molar-refractivity contribution is 5.83. The molecule has 2 bridgehead atoms. The summed E-state index contributed by atoms with van der Waals surface area (Å²) in [6.45, 7) is 5.86. The zero-order valence-corrected chi connectivity index (χ0v) is 9.24. The van der Waals surface area contributed by atoms with Crippen LogP contribution in [0.3, 0.4) is 0 Å². The molecule has 2 fully saturated rings. The molecule has 0 unspecified atom stereocenters. The lowest BCUT2D eigenvalue weighted by Gasteiger charge is -2.47. The van der Waals surface area contributed by atoms with E-state index >= 15 is 0 Å². The van der Waals surface area contributed by atoms with Gasteiger partial charge in [-0.2, -0.15) is 0 Å². The maximum absolute atomic E-state index is 11.6. The summed E-state index contributed by atoms with van der Waals surface area (Å²) in [5.41, 5.74) is -0.719. The van der Waals surface area contributed by atoms with Crippen molar-refractivity contribution in [3.05, 3.63) is 0 Å². The molecule has 0 aromatic carbocycles. The van der Waals surface area contributed by atoms with Gasteiger partial charge >= 0.3 is 11.9 Å². The number of ether oxygens (including phenoxy) is 1. The van der Waals surface area contributed by atoms with Gasteiger partial charge in [-0.15, -0.1) is 0 Å². The quantitative estimate of drug-likeness (QED) is 0.668. The molecule has 1 aliphatic carbocycles. The fourth-order valence-corrected chi connectivity index (χ4v) is 3.06. The number of rotatable bonds is 1. The summed E-state index contributed by atoms with van der Waals surface area (Å²) in [5.74, 6) is -1.51. The van der Waals surface area contributed by atoms with Crippen LogP contribution in [0.2, 0.25) is 0 Å². The Labute approximate surface area is 88.6 Å². The van der Waals surface area contributed by atoms with E-state index in [0.29, 0.717) is 0 Å². The first kappa shape index (κ1) is 10.5. The fourth-order valence-electron chi connectivity index (χ4n) is 3.06. The molecule has 0 radical (unpaired) electrons. The van der Waals surface area contributed by atoms with Gasteiger partial charge in [0.2, 0.25) is 6.10 Å². The van der Waals surface area contributed by atoms with E-state index in [2.05, 4.69) is 0 Å². The molecule has 0 spiro atoms. The van der Waals surface area contributed by atoms with Crippen LogP contribution < -0.4 is 0 Å². The number of hydrogen-bond donors (Lipinski definition) is 1. The predicted octanol–water partition coefficient (Wildman–Crippen LogP) is 1.44. The number of carboxylic acid groups (broad SMARTS) is 1. The maximum Gasteiger partial charge on any atom is 0.345 e. The third-order valence-electron chi connectivity index (χ3n) is 4.62. The molecule has 0 aromatic rings. The van der Waals surface area contributed by atoms with Crippen molar-refractivity contribution in [2.24, 2.45) is 16.7 Å². The topological polar surface area (TPSA) is 63.6 Å². The van der Waals surface area contributed by atoms with E-state index in [1.54, 1.807) is 0 Å². The SMILES string of the molecule is CC1(C)[C@@H]2CC[C@@]1(C)[C@H](C(=O)O)OC2=O. The van der Waals surface area contributed by atoms with Gasteiger partial charge in [-0.05, 0) is 18.3 Å². The van der Waals surface area contributed by atoms with Crippen molar-refractivity contribution < 1.29 is 19.4 Å². The summed E-state index contributed by atoms with van der Waals surface area (Å²) < 4.78 is 5.03. The van der Waals surface area contributed by atoms with Gasteiger partial charge in [0.15, 0.2) is 0 Å². The maximum atomic E-state index is 11.6. The van der Waals surface area contributed by atoms with E-state index in [1.165, 1.54) is 0 Å². The van der Waals surface area contributed by atoms with Gasteiger partial charge in [-0.25, -0.2) is 4.79 Å². The molecule has 2 rings (SSSR count). The average Bonchev–Trinajstić information content (AvgIpc) is 2.28. The monoisotopic (exact) mass is 212 g/mol. The van der Waals surface area contributed by atoms with E-state index in [9.17, 15) is 9.59 Å². The number of hydrogen-bond acceptors (Lipinski definition) is 3. The first-order valence-electron chi connectivity index (χ1n) is 5.24. The van der Waals surface area contributed by atoms with Gasteiger partial charge < -0.3 is 9.84 Å². The summed E-state index contributed by atoms with van der Waals surface area (Å²) in [5, 5.41) is 9.10. The average molecular weight is 212 g/mol. The molecule has 1 saturated carbocycles. The summed E-state index contributed by atoms with van der Waals surface area (Å²) in [4.78, 5) is 22.7. The first-order valence-corrected chi connectivity index (χ1v) is 5.24. The molecular formula is C11H16O4. The third-order valence-corrected chi connectivity index (χ3v) is 4.62. The van der Waals surface area contributed by atoms with Gasteiger partial charge in [0, 0.05) is 5.41 Å². The van der Waals surface area contributed by atoms with E-state index in [4.69, 9.17) is 9.84 Å². The highest BCUT2D eigenvalue weighted by Crippen LogP contribution is 2.61. The summed E-state index contributed by atoms with van der Waals surface area (Å²) in [6.07, 6.45) is 0.498. The van der Waals surface area contributed by atoms with Crippen molar-refractivity contribution in [3.63, 3.8) is 0 Å². The lowest BCUT2D eigenvalue weighted by Crippen LogP contribution is -2.55. The molecule has 1 aliphatic heterocycles. The molecule has 1 heterocycles. The molecule has 0 amide bonds. The van der Waals surface area contributed by atoms with Crippen LogP contribution in [0.15, 0.2) is 0 Å². The van der Waals surface area contributed by atoms with Crippen LogP contribution in [0.25, 0.3) is 0 Å². The van der Waals surface area contributed by atoms with Crippen LogP contribution >= 0.6 is 0 Å². The molecule has 0 aromatic heterocycles. The number of cyclic esters (lactones) is 1. The minimum Gasteiger partial charge on any atom is -0.478 e. The molecule has 4 heteroatoms. The number of aliphatic carboxylic acids is 1. The van der Waals surface area contributed by atoms with Gasteiger partial charge in [-0.3, -0.25) is 4.79 Å². The smallest absolute Gasteiger partial charge is 0.345 e. The minimum atomic E-state index is -1.03. The normalized spacial score (nSPS) is 42.5. The van der Waals surface area contributed by atoms with Crippen LogP contribution in [-0.2, 0) is 14.3 Å². The van der Waals surface area contributed by atoms with Crippen molar-refractivity contribution in [2.75, 3.05) is 0 Å². The van der Waals surface area contributed by atoms with Crippen molar-refractivity contribution in [1.82, 2.24) is 0 Å². The molecule has 2 aliphatic rings. The zero-order valence-electron chi connectivity index (χ0n) is 9.24. The molecular weight excluding hydrogens is 196 g/mol. The highest BCUT2D eigenvalue weighted by Gasteiger charge is 2.65. The second-order valence-corrected chi connectivity index (χ2v) is 5.39. The van der Waals surface area contributed by atoms with Gasteiger partial charge in [0.25, 0.3) is 0 Å². The third kappa shape index (κ3) is 1.08. The largest absolute Gasteiger partial charge is 0.478 e. The number of esters is 1. The molecule has 4 nitrogen and oxygen atoms in total. The number of carboxylic acids is 1. The molecule has 84 valence electrons. The number of carbonyl (C=O) groups is 2. The summed E-state index contributed by atoms with van der Waals surface area (Å²) in [7, 11) is 0. The Morgan fingerprint density at radius 1 is 1.47 bits per heavy atom. The lowest BCUT2D eigenvalue weighted by atomic mass is 9.61. The molecule has 1 N–H and O–H groups in total. The Hall–Kier alpha value is -1.06. The zero-order chi connectivity index (χ0) is 11.4. The lowest BCUT2D eigenvalue weighted by molar-refractivity contribution is -0.197. The van der Waals surface area contributed by atoms with Crippen molar-refractivity contribution >= 4 is 11.9 Å². The summed E-state index contributed by atoms with van der Waals surface area (Å²) in [6, 6.07) is 0. The van der Waals surface area contributed by atoms with E-state index < -0.39 is 17.5 Å². The summed E-state index contributed by atoms with van der Waals surface area (Å²) >= 11 is 0. The van der Waals surface area contributed by atoms with Crippen LogP contribution in [0.5, 0.6) is 0 Å². The van der Waals surface area contributed by atoms with Gasteiger partial charge in [0.05, 0.1) is 5.92 Å². The Morgan fingerprint density at radius 2 is 2.07 bits per heavy atom. The van der Waals surface area contributed by atoms with Crippen LogP contribution in [0, 0.1) is 16.7 Å². The second-order valence-electron chi connectivity index (χ2n) is 5.39. The Balaban J connectivity index is 2.48. The van der Waals surface area contributed by atoms with Crippen molar-refractivity contribution in [3.8, 4) is 0 Å². The minimum absolute atomic E-state index is 0.141. The number of carbonyl (C=O) groups excluding carboxylic acids is 1. The molecule has 1 saturated heterocycles. The Morgan fingerprint density at radius 3 is 2.60 bits per heavy atom. The van der Waals surface area contributed by atoms with Gasteiger partial charge in [-0.1, -0.05) is 20.8 Å². The van der Waals surface area contributed by atoms with Crippen LogP contribution in [0.1, 0.15) is 33.6 Å². The standard InChI is InChI=1S/C11H16O4/c1-10(2)6-4-5-11(10,3)7(8(12)13)15-9(6)14/h6-7H,4-5H2,1-3H3,(H,12,13)/t6-,7+,11+/m1/s1. The van der Waals surface area contributed by atoms with Crippen molar-refractivity contribution in [2.45, 2.75) is 39.7 Å². The highest BCUT2D eigenvalue weighted by atomic mass is 16.6. The Kier molecular flexibility index (Phi) is 1.91. The van der Waals surface area contributed by atoms with E-state index in [-0.39, 0.29) is 17.3 Å². The second kappa shape index (κ2) is 2.74. The predicted molar refractivity (Wildman–Crippen MR) is 52.1 cm³/mol. The Bertz CT molecular complexity index is 333. The van der Waals surface area contributed by atoms with Gasteiger partial charge in [0.1, 0.15) is 0 Å². The van der Waals surface area contributed by atoms with E-state index in [0.717, 1.165) is 12.8 Å². The molecule has 15 heavy (non-hydrogen) atoms. The van der Waals surface area contributed by atoms with E-state index in [1.807, 2.05) is 20.8 Å². The van der Waals surface area contributed by atoms with Crippen LogP contribution in [0.4, 0.5) is 0 Å². The van der Waals surface area contributed by atoms with Crippen molar-refractivity contribution in [1.29, 1.82) is 0 Å². The molecule has 3 atom stereocenters. The fraction of sp³-hybridized carbons (Fsp3) is 0.818. The number of fused-ring (bicyclic) bond motifs is 2.